The van der Waals surface area contributed by atoms with Gasteiger partial charge in [-0.25, -0.2) is 9.37 Å². The molecule has 2 aromatic carbocycles. The number of piperidine rings is 1. The van der Waals surface area contributed by atoms with Crippen molar-refractivity contribution in [2.75, 3.05) is 26.3 Å². The Morgan fingerprint density at radius 3 is 2.78 bits per heavy atom. The number of rotatable bonds is 3. The van der Waals surface area contributed by atoms with Gasteiger partial charge < -0.3 is 24.2 Å². The highest BCUT2D eigenvalue weighted by molar-refractivity contribution is 6.05. The lowest BCUT2D eigenvalue weighted by Crippen LogP contribution is -2.59. The molecule has 5 heterocycles. The molecule has 3 aliphatic rings. The molecule has 7 rings (SSSR count). The Kier molecular flexibility index (Phi) is 4.75. The van der Waals surface area contributed by atoms with E-state index in [9.17, 15) is 4.39 Å². The van der Waals surface area contributed by atoms with Crippen molar-refractivity contribution in [3.8, 4) is 5.69 Å². The van der Waals surface area contributed by atoms with Gasteiger partial charge in [0.15, 0.2) is 11.4 Å². The van der Waals surface area contributed by atoms with E-state index < -0.39 is 0 Å². The van der Waals surface area contributed by atoms with Crippen molar-refractivity contribution in [2.45, 2.75) is 19.4 Å². The Balaban J connectivity index is 1.31. The Labute approximate surface area is 207 Å². The minimum atomic E-state index is -0.230. The van der Waals surface area contributed by atoms with Gasteiger partial charge in [0.1, 0.15) is 5.82 Å². The van der Waals surface area contributed by atoms with Gasteiger partial charge in [-0.3, -0.25) is 0 Å². The summed E-state index contributed by atoms with van der Waals surface area (Å²) in [6, 6.07) is 11.0. The zero-order valence-electron chi connectivity index (χ0n) is 19.8. The van der Waals surface area contributed by atoms with Crippen molar-refractivity contribution in [3.63, 3.8) is 0 Å². The number of benzene rings is 2. The number of imidazole rings is 1. The standard InChI is InChI=1S/C27H25FN6O2/c1-17-12-33(16-29-17)23-7-4-19(22-10-31-36-25(22)23)8-20-9-27(14-35-15-27)13-34-24(11-30-32-26(20)34)18-2-5-21(28)6-3-18/h2-8,10,12,16,24,30H,9,11,13-15H2,1H3/b20-8+. The Morgan fingerprint density at radius 1 is 1.17 bits per heavy atom. The van der Waals surface area contributed by atoms with Crippen LogP contribution in [-0.4, -0.2) is 51.7 Å². The highest BCUT2D eigenvalue weighted by Gasteiger charge is 2.48. The molecule has 1 unspecified atom stereocenters. The Morgan fingerprint density at radius 2 is 2.03 bits per heavy atom. The fourth-order valence-electron chi connectivity index (χ4n) is 5.59. The third-order valence-corrected chi connectivity index (χ3v) is 7.40. The number of hydrogen-bond donors (Lipinski definition) is 1. The smallest absolute Gasteiger partial charge is 0.191 e. The Bertz CT molecular complexity index is 1510. The van der Waals surface area contributed by atoms with E-state index in [-0.39, 0.29) is 17.3 Å². The molecule has 36 heavy (non-hydrogen) atoms. The number of aryl methyl sites for hydroxylation is 1. The summed E-state index contributed by atoms with van der Waals surface area (Å²) in [7, 11) is 0. The second-order valence-corrected chi connectivity index (χ2v) is 10.00. The predicted octanol–water partition coefficient (Wildman–Crippen LogP) is 4.22. The van der Waals surface area contributed by atoms with E-state index in [1.807, 2.05) is 35.9 Å². The average Bonchev–Trinajstić information content (AvgIpc) is 3.53. The number of nitrogens with one attached hydrogen (secondary N) is 1. The molecule has 2 aromatic heterocycles. The highest BCUT2D eigenvalue weighted by atomic mass is 19.1. The number of halogens is 1. The summed E-state index contributed by atoms with van der Waals surface area (Å²) in [4.78, 5) is 6.70. The van der Waals surface area contributed by atoms with E-state index in [1.165, 1.54) is 12.1 Å². The number of amidine groups is 1. The Hall–Kier alpha value is -3.98. The predicted molar refractivity (Wildman–Crippen MR) is 133 cm³/mol. The molecule has 1 spiro atoms. The van der Waals surface area contributed by atoms with Gasteiger partial charge in [-0.1, -0.05) is 23.4 Å². The van der Waals surface area contributed by atoms with E-state index in [4.69, 9.17) is 14.4 Å². The first-order chi connectivity index (χ1) is 17.6. The third-order valence-electron chi connectivity index (χ3n) is 7.40. The van der Waals surface area contributed by atoms with Gasteiger partial charge in [-0.05, 0) is 54.3 Å². The van der Waals surface area contributed by atoms with E-state index >= 15 is 0 Å². The van der Waals surface area contributed by atoms with Crippen LogP contribution in [0.1, 0.15) is 29.3 Å². The van der Waals surface area contributed by atoms with Gasteiger partial charge >= 0.3 is 0 Å². The normalized spacial score (nSPS) is 21.8. The molecular weight excluding hydrogens is 459 g/mol. The van der Waals surface area contributed by atoms with Gasteiger partial charge in [0.05, 0.1) is 55.1 Å². The van der Waals surface area contributed by atoms with Crippen LogP contribution >= 0.6 is 0 Å². The minimum absolute atomic E-state index is 0.0442. The summed E-state index contributed by atoms with van der Waals surface area (Å²) in [6.45, 7) is 4.92. The van der Waals surface area contributed by atoms with Crippen LogP contribution in [0.25, 0.3) is 22.7 Å². The summed E-state index contributed by atoms with van der Waals surface area (Å²) < 4.78 is 26.9. The van der Waals surface area contributed by atoms with E-state index in [0.717, 1.165) is 65.5 Å². The van der Waals surface area contributed by atoms with Crippen LogP contribution in [0.4, 0.5) is 4.39 Å². The molecule has 182 valence electrons. The number of ether oxygens (including phenoxy) is 1. The zero-order chi connectivity index (χ0) is 24.3. The molecule has 0 radical (unpaired) electrons. The third kappa shape index (κ3) is 3.42. The monoisotopic (exact) mass is 484 g/mol. The minimum Gasteiger partial charge on any atom is -0.380 e. The maximum absolute atomic E-state index is 13.6. The van der Waals surface area contributed by atoms with Gasteiger partial charge in [-0.2, -0.15) is 5.10 Å². The van der Waals surface area contributed by atoms with Crippen molar-refractivity contribution in [2.24, 2.45) is 10.5 Å². The van der Waals surface area contributed by atoms with Crippen LogP contribution in [0, 0.1) is 18.2 Å². The van der Waals surface area contributed by atoms with Crippen molar-refractivity contribution in [1.82, 2.24) is 25.0 Å². The van der Waals surface area contributed by atoms with Crippen molar-refractivity contribution in [1.29, 1.82) is 0 Å². The van der Waals surface area contributed by atoms with Crippen molar-refractivity contribution in [3.05, 3.63) is 83.3 Å². The van der Waals surface area contributed by atoms with Gasteiger partial charge in [0.2, 0.25) is 0 Å². The molecule has 3 aliphatic heterocycles. The van der Waals surface area contributed by atoms with Crippen LogP contribution in [-0.2, 0) is 4.74 Å². The van der Waals surface area contributed by atoms with Gasteiger partial charge in [-0.15, -0.1) is 0 Å². The molecule has 1 N–H and O–H groups in total. The zero-order valence-corrected chi connectivity index (χ0v) is 19.8. The molecule has 2 fully saturated rings. The molecule has 0 saturated carbocycles. The molecule has 2 saturated heterocycles. The molecular formula is C27H25FN6O2. The first-order valence-corrected chi connectivity index (χ1v) is 12.1. The summed E-state index contributed by atoms with van der Waals surface area (Å²) in [6.07, 6.45) is 8.58. The van der Waals surface area contributed by atoms with Crippen molar-refractivity contribution >= 4 is 22.9 Å². The van der Waals surface area contributed by atoms with Crippen LogP contribution in [0.2, 0.25) is 0 Å². The van der Waals surface area contributed by atoms with E-state index in [2.05, 4.69) is 32.6 Å². The van der Waals surface area contributed by atoms with Crippen LogP contribution in [0.5, 0.6) is 0 Å². The lowest BCUT2D eigenvalue weighted by Gasteiger charge is -2.53. The van der Waals surface area contributed by atoms with Crippen LogP contribution < -0.4 is 5.43 Å². The first kappa shape index (κ1) is 21.3. The summed E-state index contributed by atoms with van der Waals surface area (Å²) >= 11 is 0. The second-order valence-electron chi connectivity index (χ2n) is 10.00. The largest absolute Gasteiger partial charge is 0.380 e. The van der Waals surface area contributed by atoms with Gasteiger partial charge in [0.25, 0.3) is 0 Å². The van der Waals surface area contributed by atoms with E-state index in [1.54, 1.807) is 12.5 Å². The molecule has 0 aliphatic carbocycles. The number of fused-ring (bicyclic) bond motifs is 2. The highest BCUT2D eigenvalue weighted by Crippen LogP contribution is 2.44. The summed E-state index contributed by atoms with van der Waals surface area (Å²) in [5.41, 5.74) is 9.04. The maximum atomic E-state index is 13.6. The molecule has 8 nitrogen and oxygen atoms in total. The lowest BCUT2D eigenvalue weighted by atomic mass is 9.74. The average molecular weight is 485 g/mol. The quantitative estimate of drug-likeness (QED) is 0.469. The van der Waals surface area contributed by atoms with Crippen LogP contribution in [0.15, 0.2) is 70.3 Å². The molecule has 0 amide bonds. The number of hydrogen-bond acceptors (Lipinski definition) is 7. The topological polar surface area (TPSA) is 80.7 Å². The maximum Gasteiger partial charge on any atom is 0.191 e. The summed E-state index contributed by atoms with van der Waals surface area (Å²) in [5.74, 6) is 0.693. The van der Waals surface area contributed by atoms with Gasteiger partial charge in [0, 0.05) is 18.2 Å². The number of aromatic nitrogens is 3. The van der Waals surface area contributed by atoms with Crippen molar-refractivity contribution < 1.29 is 13.7 Å². The number of nitrogens with zero attached hydrogens (tertiary/aromatic N) is 5. The molecule has 1 atom stereocenters. The molecule has 9 heteroatoms. The number of hydrazone groups is 1. The second kappa shape index (κ2) is 8.03. The fraction of sp³-hybridized carbons (Fsp3) is 0.296. The molecule has 0 bridgehead atoms. The molecule has 4 aromatic rings. The summed E-state index contributed by atoms with van der Waals surface area (Å²) in [5, 5.41) is 9.77. The lowest BCUT2D eigenvalue weighted by molar-refractivity contribution is -0.126. The SMILES string of the molecule is Cc1cn(-c2ccc(/C=C3\CC4(COC4)CN4C3=NNCC4c3ccc(F)cc3)c3cnoc23)cn1. The van der Waals surface area contributed by atoms with E-state index in [0.29, 0.717) is 12.1 Å². The van der Waals surface area contributed by atoms with Crippen LogP contribution in [0.3, 0.4) is 0 Å². The first-order valence-electron chi connectivity index (χ1n) is 12.1. The fourth-order valence-corrected chi connectivity index (χ4v) is 5.59.